The molecule has 1 aromatic heterocycles. The van der Waals surface area contributed by atoms with Gasteiger partial charge in [-0.05, 0) is 38.3 Å². The smallest absolute Gasteiger partial charge is 0.0531 e. The van der Waals surface area contributed by atoms with E-state index in [-0.39, 0.29) is 0 Å². The maximum atomic E-state index is 4.33. The third-order valence-electron chi connectivity index (χ3n) is 2.43. The molecule has 0 saturated heterocycles. The number of hydrogen-bond acceptors (Lipinski definition) is 1. The molecule has 1 unspecified atom stereocenters. The molecule has 0 amide bonds. The quantitative estimate of drug-likeness (QED) is 0.614. The number of aryl methyl sites for hydroxylation is 1. The molecule has 20 heavy (non-hydrogen) atoms. The first-order valence-corrected chi connectivity index (χ1v) is 7.62. The summed E-state index contributed by atoms with van der Waals surface area (Å²) in [5, 5.41) is 4.33. The van der Waals surface area contributed by atoms with Gasteiger partial charge >= 0.3 is 0 Å². The summed E-state index contributed by atoms with van der Waals surface area (Å²) in [6.07, 6.45) is 13.0. The number of nitrogens with zero attached hydrogens (tertiary/aromatic N) is 2. The summed E-state index contributed by atoms with van der Waals surface area (Å²) < 4.78 is 2.01. The van der Waals surface area contributed by atoms with Gasteiger partial charge in [-0.2, -0.15) is 5.10 Å². The van der Waals surface area contributed by atoms with E-state index < -0.39 is 0 Å². The van der Waals surface area contributed by atoms with Crippen molar-refractivity contribution < 1.29 is 0 Å². The third-order valence-corrected chi connectivity index (χ3v) is 2.43. The first kappa shape index (κ1) is 20.7. The van der Waals surface area contributed by atoms with E-state index in [0.29, 0.717) is 6.04 Å². The highest BCUT2D eigenvalue weighted by molar-refractivity contribution is 5.23. The average molecular weight is 276 g/mol. The van der Waals surface area contributed by atoms with Crippen molar-refractivity contribution >= 4 is 0 Å². The molecule has 114 valence electrons. The lowest BCUT2D eigenvalue weighted by atomic mass is 10.1. The molecule has 1 rings (SSSR count). The van der Waals surface area contributed by atoms with Gasteiger partial charge in [0.15, 0.2) is 0 Å². The van der Waals surface area contributed by atoms with Crippen LogP contribution in [0.3, 0.4) is 0 Å². The molecule has 2 heteroatoms. The highest BCUT2D eigenvalue weighted by Crippen LogP contribution is 2.17. The van der Waals surface area contributed by atoms with Crippen LogP contribution in [0.1, 0.15) is 59.6 Å². The number of allylic oxidation sites excluding steroid dienone is 5. The third kappa shape index (κ3) is 8.52. The van der Waals surface area contributed by atoms with Crippen LogP contribution in [-0.4, -0.2) is 9.78 Å². The summed E-state index contributed by atoms with van der Waals surface area (Å²) in [6.45, 7) is 18.0. The van der Waals surface area contributed by atoms with E-state index in [4.69, 9.17) is 0 Å². The molecule has 0 aliphatic rings. The van der Waals surface area contributed by atoms with E-state index in [1.807, 2.05) is 57.6 Å². The van der Waals surface area contributed by atoms with E-state index in [9.17, 15) is 0 Å². The van der Waals surface area contributed by atoms with E-state index in [2.05, 4.69) is 43.9 Å². The minimum atomic E-state index is 0.371. The molecule has 0 aliphatic heterocycles. The van der Waals surface area contributed by atoms with Crippen molar-refractivity contribution in [2.45, 2.75) is 60.9 Å². The lowest BCUT2D eigenvalue weighted by Crippen LogP contribution is -2.06. The van der Waals surface area contributed by atoms with Crippen molar-refractivity contribution in [1.82, 2.24) is 9.78 Å². The van der Waals surface area contributed by atoms with Crippen LogP contribution in [0, 0.1) is 6.92 Å². The minimum absolute atomic E-state index is 0.371. The molecule has 1 heterocycles. The van der Waals surface area contributed by atoms with Gasteiger partial charge in [0.25, 0.3) is 0 Å². The van der Waals surface area contributed by atoms with Crippen LogP contribution in [0.2, 0.25) is 0 Å². The second kappa shape index (κ2) is 13.9. The molecule has 0 radical (unpaired) electrons. The zero-order chi connectivity index (χ0) is 16.0. The molecule has 0 spiro atoms. The Morgan fingerprint density at radius 3 is 2.35 bits per heavy atom. The molecule has 0 fully saturated rings. The maximum absolute atomic E-state index is 4.33. The van der Waals surface area contributed by atoms with Gasteiger partial charge in [-0.1, -0.05) is 58.6 Å². The Labute approximate surface area is 125 Å². The molecular formula is C18H32N2. The molecule has 0 N–H and O–H groups in total. The topological polar surface area (TPSA) is 17.8 Å². The van der Waals surface area contributed by atoms with Crippen LogP contribution in [0.5, 0.6) is 0 Å². The lowest BCUT2D eigenvalue weighted by molar-refractivity contribution is 0.490. The van der Waals surface area contributed by atoms with Gasteiger partial charge in [0.05, 0.1) is 12.2 Å². The van der Waals surface area contributed by atoms with E-state index in [1.54, 1.807) is 0 Å². The molecule has 0 aromatic carbocycles. The molecule has 1 atom stereocenters. The van der Waals surface area contributed by atoms with Gasteiger partial charge < -0.3 is 0 Å². The van der Waals surface area contributed by atoms with Crippen LogP contribution in [0.15, 0.2) is 48.8 Å². The van der Waals surface area contributed by atoms with Gasteiger partial charge in [-0.25, -0.2) is 0 Å². The van der Waals surface area contributed by atoms with Gasteiger partial charge in [0.2, 0.25) is 0 Å². The Morgan fingerprint density at radius 1 is 1.35 bits per heavy atom. The predicted octanol–water partition coefficient (Wildman–Crippen LogP) is 5.88. The van der Waals surface area contributed by atoms with Crippen LogP contribution in [0.25, 0.3) is 0 Å². The van der Waals surface area contributed by atoms with Crippen LogP contribution in [0.4, 0.5) is 0 Å². The summed E-state index contributed by atoms with van der Waals surface area (Å²) in [6, 6.07) is 0.371. The second-order valence-electron chi connectivity index (χ2n) is 4.03. The summed E-state index contributed by atoms with van der Waals surface area (Å²) in [4.78, 5) is 0. The minimum Gasteiger partial charge on any atom is -0.269 e. The molecule has 1 aromatic rings. The Bertz CT molecular complexity index is 397. The first-order chi connectivity index (χ1) is 9.67. The summed E-state index contributed by atoms with van der Waals surface area (Å²) in [5.41, 5.74) is 2.48. The van der Waals surface area contributed by atoms with Crippen molar-refractivity contribution in [3.63, 3.8) is 0 Å². The van der Waals surface area contributed by atoms with Crippen molar-refractivity contribution in [2.75, 3.05) is 0 Å². The van der Waals surface area contributed by atoms with Gasteiger partial charge in [0.1, 0.15) is 0 Å². The molecule has 0 bridgehead atoms. The van der Waals surface area contributed by atoms with Crippen LogP contribution < -0.4 is 0 Å². The Morgan fingerprint density at radius 2 is 1.95 bits per heavy atom. The zero-order valence-corrected chi connectivity index (χ0v) is 14.4. The van der Waals surface area contributed by atoms with Gasteiger partial charge in [0, 0.05) is 6.20 Å². The lowest BCUT2D eigenvalue weighted by Gasteiger charge is -2.12. The second-order valence-corrected chi connectivity index (χ2v) is 4.03. The van der Waals surface area contributed by atoms with Crippen molar-refractivity contribution in [3.05, 3.63) is 54.4 Å². The fourth-order valence-electron chi connectivity index (χ4n) is 1.67. The summed E-state index contributed by atoms with van der Waals surface area (Å²) in [5.74, 6) is 0. The summed E-state index contributed by atoms with van der Waals surface area (Å²) >= 11 is 0. The summed E-state index contributed by atoms with van der Waals surface area (Å²) in [7, 11) is 0. The largest absolute Gasteiger partial charge is 0.269 e. The van der Waals surface area contributed by atoms with E-state index in [0.717, 1.165) is 6.42 Å². The molecule has 0 aliphatic carbocycles. The van der Waals surface area contributed by atoms with E-state index >= 15 is 0 Å². The monoisotopic (exact) mass is 276 g/mol. The standard InChI is InChI=1S/C14H20N2.2C2H6/c1-5-7-14(8-6-2)9-13(4)16-11-12(3)10-15-16;2*1-2/h5-8,10-11,13H,1,9H2,2-4H3;2*1-2H3/b8-6-,14-7+;;. The predicted molar refractivity (Wildman–Crippen MR) is 92.1 cm³/mol. The highest BCUT2D eigenvalue weighted by atomic mass is 15.3. The van der Waals surface area contributed by atoms with E-state index in [1.165, 1.54) is 11.1 Å². The Balaban J connectivity index is 0. The highest BCUT2D eigenvalue weighted by Gasteiger charge is 2.06. The average Bonchev–Trinajstić information content (AvgIpc) is 2.90. The molecule has 2 nitrogen and oxygen atoms in total. The fraction of sp³-hybridized carbons (Fsp3) is 0.500. The number of rotatable bonds is 5. The van der Waals surface area contributed by atoms with Gasteiger partial charge in [-0.15, -0.1) is 0 Å². The first-order valence-electron chi connectivity index (χ1n) is 7.62. The molecule has 0 saturated carbocycles. The zero-order valence-electron chi connectivity index (χ0n) is 14.4. The fourth-order valence-corrected chi connectivity index (χ4v) is 1.67. The maximum Gasteiger partial charge on any atom is 0.0531 e. The SMILES string of the molecule is C=C/C=C(\C=C/C)CC(C)n1cc(C)cn1.CC.CC. The normalized spacial score (nSPS) is 12.1. The van der Waals surface area contributed by atoms with Crippen molar-refractivity contribution in [3.8, 4) is 0 Å². The van der Waals surface area contributed by atoms with Crippen LogP contribution >= 0.6 is 0 Å². The van der Waals surface area contributed by atoms with Crippen molar-refractivity contribution in [2.24, 2.45) is 0 Å². The van der Waals surface area contributed by atoms with Crippen LogP contribution in [-0.2, 0) is 0 Å². The number of hydrogen-bond donors (Lipinski definition) is 0. The number of aromatic nitrogens is 2. The Kier molecular flexibility index (Phi) is 14.4. The Hall–Kier alpha value is -1.57. The van der Waals surface area contributed by atoms with Crippen molar-refractivity contribution in [1.29, 1.82) is 0 Å². The molecular weight excluding hydrogens is 244 g/mol. The van der Waals surface area contributed by atoms with Gasteiger partial charge in [-0.3, -0.25) is 4.68 Å².